The molecule has 1 aliphatic heterocycles. The van der Waals surface area contributed by atoms with Gasteiger partial charge in [-0.25, -0.2) is 4.98 Å². The molecule has 2 heterocycles. The van der Waals surface area contributed by atoms with Gasteiger partial charge in [0, 0.05) is 42.7 Å². The van der Waals surface area contributed by atoms with Crippen LogP contribution in [0.25, 0.3) is 10.9 Å². The Balaban J connectivity index is 1.93. The van der Waals surface area contributed by atoms with Gasteiger partial charge in [0.1, 0.15) is 5.82 Å². The van der Waals surface area contributed by atoms with Crippen LogP contribution in [0.1, 0.15) is 32.8 Å². The Morgan fingerprint density at radius 2 is 2.04 bits per heavy atom. The van der Waals surface area contributed by atoms with Gasteiger partial charge in [0.15, 0.2) is 0 Å². The Hall–Kier alpha value is -1.65. The first-order valence-electron chi connectivity index (χ1n) is 8.64. The smallest absolute Gasteiger partial charge is 0.134 e. The zero-order valence-corrected chi connectivity index (χ0v) is 14.4. The standard InChI is InChI=1S/C19H27N3O/c1-4-17-12-21(9-10-22(17)14(2)3)19-16(13-23)11-15-7-5-6-8-18(15)20-19/h5-8,11,14,17,23H,4,9-10,12-13H2,1-3H3/t17-/m1/s1. The molecular weight excluding hydrogens is 286 g/mol. The second-order valence-corrected chi connectivity index (χ2v) is 6.66. The number of benzene rings is 1. The maximum Gasteiger partial charge on any atom is 0.134 e. The third-order valence-corrected chi connectivity index (χ3v) is 4.91. The highest BCUT2D eigenvalue weighted by Gasteiger charge is 2.29. The van der Waals surface area contributed by atoms with E-state index in [0.717, 1.165) is 48.3 Å². The Morgan fingerprint density at radius 3 is 2.74 bits per heavy atom. The Kier molecular flexibility index (Phi) is 4.83. The fraction of sp³-hybridized carbons (Fsp3) is 0.526. The van der Waals surface area contributed by atoms with Crippen molar-refractivity contribution in [3.8, 4) is 0 Å². The Labute approximate surface area is 138 Å². The van der Waals surface area contributed by atoms with E-state index in [2.05, 4.69) is 42.7 Å². The Morgan fingerprint density at radius 1 is 1.26 bits per heavy atom. The molecule has 4 nitrogen and oxygen atoms in total. The van der Waals surface area contributed by atoms with Crippen LogP contribution in [0.4, 0.5) is 5.82 Å². The molecule has 1 N–H and O–H groups in total. The fourth-order valence-corrected chi connectivity index (χ4v) is 3.64. The summed E-state index contributed by atoms with van der Waals surface area (Å²) in [6.07, 6.45) is 1.14. The van der Waals surface area contributed by atoms with Gasteiger partial charge in [-0.05, 0) is 32.4 Å². The van der Waals surface area contributed by atoms with E-state index in [9.17, 15) is 5.11 Å². The number of aromatic nitrogens is 1. The van der Waals surface area contributed by atoms with Gasteiger partial charge in [0.25, 0.3) is 0 Å². The Bertz CT molecular complexity index is 671. The van der Waals surface area contributed by atoms with Crippen LogP contribution in [0.2, 0.25) is 0 Å². The minimum atomic E-state index is 0.0361. The van der Waals surface area contributed by atoms with Crippen molar-refractivity contribution in [2.45, 2.75) is 45.9 Å². The predicted octanol–water partition coefficient (Wildman–Crippen LogP) is 3.04. The van der Waals surface area contributed by atoms with Crippen molar-refractivity contribution >= 4 is 16.7 Å². The topological polar surface area (TPSA) is 39.6 Å². The molecule has 0 amide bonds. The van der Waals surface area contributed by atoms with E-state index < -0.39 is 0 Å². The molecule has 0 unspecified atom stereocenters. The first-order valence-corrected chi connectivity index (χ1v) is 8.64. The van der Waals surface area contributed by atoms with Gasteiger partial charge in [-0.3, -0.25) is 4.90 Å². The third-order valence-electron chi connectivity index (χ3n) is 4.91. The van der Waals surface area contributed by atoms with Crippen LogP contribution in [0.3, 0.4) is 0 Å². The minimum absolute atomic E-state index is 0.0361. The van der Waals surface area contributed by atoms with E-state index in [1.165, 1.54) is 0 Å². The third kappa shape index (κ3) is 3.19. The molecule has 1 aliphatic rings. The number of hydrogen-bond acceptors (Lipinski definition) is 4. The highest BCUT2D eigenvalue weighted by atomic mass is 16.3. The maximum atomic E-state index is 9.79. The molecule has 1 aromatic carbocycles. The molecule has 0 radical (unpaired) electrons. The van der Waals surface area contributed by atoms with Crippen LogP contribution in [-0.4, -0.2) is 46.7 Å². The minimum Gasteiger partial charge on any atom is -0.392 e. The van der Waals surface area contributed by atoms with Gasteiger partial charge in [0.05, 0.1) is 12.1 Å². The number of para-hydroxylation sites is 1. The second kappa shape index (κ2) is 6.85. The molecule has 0 bridgehead atoms. The number of aliphatic hydroxyl groups is 1. The van der Waals surface area contributed by atoms with E-state index >= 15 is 0 Å². The molecule has 0 spiro atoms. The number of pyridine rings is 1. The van der Waals surface area contributed by atoms with E-state index in [4.69, 9.17) is 4.98 Å². The summed E-state index contributed by atoms with van der Waals surface area (Å²) in [6, 6.07) is 11.3. The number of rotatable bonds is 4. The molecule has 2 aromatic rings. The van der Waals surface area contributed by atoms with E-state index in [0.29, 0.717) is 12.1 Å². The predicted molar refractivity (Wildman–Crippen MR) is 95.8 cm³/mol. The summed E-state index contributed by atoms with van der Waals surface area (Å²) in [5.41, 5.74) is 1.93. The number of hydrogen-bond donors (Lipinski definition) is 1. The number of nitrogens with zero attached hydrogens (tertiary/aromatic N) is 3. The largest absolute Gasteiger partial charge is 0.392 e. The maximum absolute atomic E-state index is 9.79. The van der Waals surface area contributed by atoms with Crippen LogP contribution in [0, 0.1) is 0 Å². The number of aliphatic hydroxyl groups excluding tert-OH is 1. The van der Waals surface area contributed by atoms with E-state index in [1.807, 2.05) is 18.2 Å². The summed E-state index contributed by atoms with van der Waals surface area (Å²) in [4.78, 5) is 9.79. The monoisotopic (exact) mass is 313 g/mol. The van der Waals surface area contributed by atoms with Crippen LogP contribution in [0.5, 0.6) is 0 Å². The van der Waals surface area contributed by atoms with Crippen molar-refractivity contribution in [1.82, 2.24) is 9.88 Å². The molecule has 1 fully saturated rings. The van der Waals surface area contributed by atoms with Crippen molar-refractivity contribution in [2.75, 3.05) is 24.5 Å². The van der Waals surface area contributed by atoms with E-state index in [-0.39, 0.29) is 6.61 Å². The van der Waals surface area contributed by atoms with Gasteiger partial charge in [-0.15, -0.1) is 0 Å². The lowest BCUT2D eigenvalue weighted by molar-refractivity contribution is 0.133. The van der Waals surface area contributed by atoms with Crippen LogP contribution in [0.15, 0.2) is 30.3 Å². The average Bonchev–Trinajstić information content (AvgIpc) is 2.59. The molecule has 0 aliphatic carbocycles. The quantitative estimate of drug-likeness (QED) is 0.942. The molecule has 1 saturated heterocycles. The molecule has 1 atom stereocenters. The number of anilines is 1. The number of piperazine rings is 1. The summed E-state index contributed by atoms with van der Waals surface area (Å²) in [6.45, 7) is 9.83. The fourth-order valence-electron chi connectivity index (χ4n) is 3.64. The van der Waals surface area contributed by atoms with Gasteiger partial charge < -0.3 is 10.0 Å². The molecular formula is C19H27N3O. The zero-order chi connectivity index (χ0) is 16.4. The molecule has 124 valence electrons. The van der Waals surface area contributed by atoms with Crippen molar-refractivity contribution < 1.29 is 5.11 Å². The number of fused-ring (bicyclic) bond motifs is 1. The lowest BCUT2D eigenvalue weighted by Crippen LogP contribution is -2.55. The van der Waals surface area contributed by atoms with Gasteiger partial charge in [-0.2, -0.15) is 0 Å². The van der Waals surface area contributed by atoms with Crippen LogP contribution in [-0.2, 0) is 6.61 Å². The highest BCUT2D eigenvalue weighted by molar-refractivity contribution is 5.81. The van der Waals surface area contributed by atoms with Gasteiger partial charge >= 0.3 is 0 Å². The molecule has 23 heavy (non-hydrogen) atoms. The first-order chi connectivity index (χ1) is 11.1. The molecule has 1 aromatic heterocycles. The van der Waals surface area contributed by atoms with Crippen LogP contribution < -0.4 is 4.90 Å². The summed E-state index contributed by atoms with van der Waals surface area (Å²) in [5.74, 6) is 0.952. The summed E-state index contributed by atoms with van der Waals surface area (Å²) < 4.78 is 0. The van der Waals surface area contributed by atoms with Crippen molar-refractivity contribution in [2.24, 2.45) is 0 Å². The van der Waals surface area contributed by atoms with Crippen LogP contribution >= 0.6 is 0 Å². The van der Waals surface area contributed by atoms with Gasteiger partial charge in [0.2, 0.25) is 0 Å². The van der Waals surface area contributed by atoms with Crippen molar-refractivity contribution in [3.05, 3.63) is 35.9 Å². The average molecular weight is 313 g/mol. The molecule has 3 rings (SSSR count). The molecule has 0 saturated carbocycles. The second-order valence-electron chi connectivity index (χ2n) is 6.66. The summed E-state index contributed by atoms with van der Waals surface area (Å²) in [5, 5.41) is 10.9. The van der Waals surface area contributed by atoms with Crippen molar-refractivity contribution in [1.29, 1.82) is 0 Å². The SMILES string of the molecule is CC[C@@H]1CN(c2nc3ccccc3cc2CO)CCN1C(C)C. The zero-order valence-electron chi connectivity index (χ0n) is 14.4. The summed E-state index contributed by atoms with van der Waals surface area (Å²) >= 11 is 0. The highest BCUT2D eigenvalue weighted by Crippen LogP contribution is 2.27. The van der Waals surface area contributed by atoms with Gasteiger partial charge in [-0.1, -0.05) is 25.1 Å². The molecule has 4 heteroatoms. The van der Waals surface area contributed by atoms with Crippen molar-refractivity contribution in [3.63, 3.8) is 0 Å². The normalized spacial score (nSPS) is 19.7. The first kappa shape index (κ1) is 16.2. The lowest BCUT2D eigenvalue weighted by Gasteiger charge is -2.44. The van der Waals surface area contributed by atoms with E-state index in [1.54, 1.807) is 0 Å². The summed E-state index contributed by atoms with van der Waals surface area (Å²) in [7, 11) is 0. The lowest BCUT2D eigenvalue weighted by atomic mass is 10.1.